The van der Waals surface area contributed by atoms with Gasteiger partial charge in [-0.15, -0.1) is 0 Å². The molecule has 0 aromatic carbocycles. The Balaban J connectivity index is 4.33. The van der Waals surface area contributed by atoms with E-state index in [2.05, 4.69) is 123 Å². The van der Waals surface area contributed by atoms with E-state index in [1.807, 2.05) is 33.3 Å². The maximum atomic E-state index is 12.8. The zero-order valence-corrected chi connectivity index (χ0v) is 42.7. The third-order valence-electron chi connectivity index (χ3n) is 10.2. The minimum Gasteiger partial charge on any atom is -0.545 e. The molecule has 0 N–H and O–H groups in total. The lowest BCUT2D eigenvalue weighted by Crippen LogP contribution is -2.44. The van der Waals surface area contributed by atoms with E-state index in [1.165, 1.54) is 38.5 Å². The van der Waals surface area contributed by atoms with Crippen molar-refractivity contribution in [2.45, 2.75) is 180 Å². The number of allylic oxidation sites excluding steroid dienone is 20. The number of carbonyl (C=O) groups excluding carboxylic acids is 3. The molecule has 0 aromatic heterocycles. The number of carboxylic acid groups (broad SMARTS) is 1. The number of carboxylic acids is 1. The number of carbonyl (C=O) groups is 3. The van der Waals surface area contributed by atoms with Crippen LogP contribution < -0.4 is 5.11 Å². The Morgan fingerprint density at radius 1 is 0.448 bits per heavy atom. The molecule has 2 unspecified atom stereocenters. The Morgan fingerprint density at radius 2 is 0.836 bits per heavy atom. The van der Waals surface area contributed by atoms with E-state index in [4.69, 9.17) is 18.9 Å². The van der Waals surface area contributed by atoms with Crippen LogP contribution >= 0.6 is 0 Å². The quantitative estimate of drug-likeness (QED) is 0.0195. The van der Waals surface area contributed by atoms with Crippen LogP contribution in [0.3, 0.4) is 0 Å². The van der Waals surface area contributed by atoms with Gasteiger partial charge in [0.2, 0.25) is 0 Å². The highest BCUT2D eigenvalue weighted by molar-refractivity contribution is 5.70. The fourth-order valence-corrected chi connectivity index (χ4v) is 6.32. The van der Waals surface area contributed by atoms with Crippen molar-refractivity contribution in [3.63, 3.8) is 0 Å². The van der Waals surface area contributed by atoms with Gasteiger partial charge in [0, 0.05) is 12.8 Å². The number of hydrogen-bond donors (Lipinski definition) is 0. The van der Waals surface area contributed by atoms with Crippen LogP contribution in [-0.4, -0.2) is 82.3 Å². The molecule has 0 aromatic rings. The van der Waals surface area contributed by atoms with Crippen molar-refractivity contribution in [1.82, 2.24) is 0 Å². The van der Waals surface area contributed by atoms with E-state index in [9.17, 15) is 19.5 Å². The molecule has 0 spiro atoms. The highest BCUT2D eigenvalue weighted by atomic mass is 16.7. The molecule has 9 heteroatoms. The Kier molecular flexibility index (Phi) is 45.1. The molecule has 0 radical (unpaired) electrons. The minimum atomic E-state index is -1.64. The van der Waals surface area contributed by atoms with E-state index in [1.54, 1.807) is 0 Å². The number of unbranched alkanes of at least 4 members (excludes halogenated alkanes) is 10. The average Bonchev–Trinajstić information content (AvgIpc) is 3.29. The highest BCUT2D eigenvalue weighted by Gasteiger charge is 2.21. The van der Waals surface area contributed by atoms with Gasteiger partial charge in [-0.1, -0.05) is 187 Å². The first-order chi connectivity index (χ1) is 32.6. The summed E-state index contributed by atoms with van der Waals surface area (Å²) in [6.45, 7) is 4.39. The third kappa shape index (κ3) is 49.4. The largest absolute Gasteiger partial charge is 0.545 e. The van der Waals surface area contributed by atoms with Crippen LogP contribution in [0.25, 0.3) is 0 Å². The number of rotatable bonds is 45. The van der Waals surface area contributed by atoms with Crippen LogP contribution in [0.2, 0.25) is 0 Å². The predicted molar refractivity (Wildman–Crippen MR) is 278 cm³/mol. The van der Waals surface area contributed by atoms with Crippen molar-refractivity contribution in [1.29, 1.82) is 0 Å². The van der Waals surface area contributed by atoms with Crippen LogP contribution in [0.5, 0.6) is 0 Å². The second kappa shape index (κ2) is 48.2. The van der Waals surface area contributed by atoms with Gasteiger partial charge in [-0.25, -0.2) is 0 Å². The summed E-state index contributed by atoms with van der Waals surface area (Å²) >= 11 is 0. The molecule has 0 heterocycles. The molecule has 0 aliphatic carbocycles. The first-order valence-corrected chi connectivity index (χ1v) is 25.7. The summed E-state index contributed by atoms with van der Waals surface area (Å²) in [5, 5.41) is 11.7. The van der Waals surface area contributed by atoms with Crippen LogP contribution in [0.15, 0.2) is 122 Å². The van der Waals surface area contributed by atoms with E-state index in [0.717, 1.165) is 89.9 Å². The summed E-state index contributed by atoms with van der Waals surface area (Å²) < 4.78 is 22.5. The van der Waals surface area contributed by atoms with Crippen molar-refractivity contribution in [3.05, 3.63) is 122 Å². The molecular weight excluding hydrogens is 839 g/mol. The summed E-state index contributed by atoms with van der Waals surface area (Å²) in [7, 11) is 5.88. The standard InChI is InChI=1S/C58H93NO8/c1-6-8-10-12-14-16-18-20-21-22-23-24-25-26-27-28-29-30-31-32-33-34-35-37-39-41-43-45-47-49-56(61)67-54(53-66-58(57(62)63)64-51-50-59(3,4)5)52-65-55(60)48-46-44-42-40-38-36-19-17-15-13-11-9-7-2/h8-11,14-17,20-21,23-24,26-27,29-30,36,38,42,44,54,58H,6-7,12-13,18-19,22,25,28,31-35,37,39-41,43,45-53H2,1-5H3/b10-8-,11-9-,16-14-,17-15-,21-20-,24-23-,27-26-,30-29-,38-36-,44-42-. The Hall–Kier alpha value is -4.31. The smallest absolute Gasteiger partial charge is 0.306 e. The predicted octanol–water partition coefficient (Wildman–Crippen LogP) is 13.2. The summed E-state index contributed by atoms with van der Waals surface area (Å²) in [4.78, 5) is 37.1. The van der Waals surface area contributed by atoms with Gasteiger partial charge in [-0.2, -0.15) is 0 Å². The Labute approximate surface area is 408 Å². The van der Waals surface area contributed by atoms with E-state index >= 15 is 0 Å². The molecule has 9 nitrogen and oxygen atoms in total. The fraction of sp³-hybridized carbons (Fsp3) is 0.603. The lowest BCUT2D eigenvalue weighted by Gasteiger charge is -2.26. The topological polar surface area (TPSA) is 111 Å². The van der Waals surface area contributed by atoms with Crippen molar-refractivity contribution < 1.29 is 42.9 Å². The SMILES string of the molecule is CC/C=C\C/C=C\C/C=C\C/C=C\C/C=C\C/C=C\CCCCCCCCCCCCC(=O)OC(COC(=O)CC/C=C\C/C=C\C/C=C\C/C=C\CC)COC(OCC[N+](C)(C)C)C(=O)[O-]. The Bertz CT molecular complexity index is 1510. The molecule has 0 fully saturated rings. The summed E-state index contributed by atoms with van der Waals surface area (Å²) in [5.74, 6) is -2.41. The van der Waals surface area contributed by atoms with E-state index < -0.39 is 30.3 Å². The van der Waals surface area contributed by atoms with Crippen molar-refractivity contribution in [2.24, 2.45) is 0 Å². The number of ether oxygens (including phenoxy) is 4. The highest BCUT2D eigenvalue weighted by Crippen LogP contribution is 2.14. The molecule has 378 valence electrons. The van der Waals surface area contributed by atoms with Crippen molar-refractivity contribution in [2.75, 3.05) is 47.5 Å². The zero-order valence-electron chi connectivity index (χ0n) is 42.7. The third-order valence-corrected chi connectivity index (χ3v) is 10.2. The first kappa shape index (κ1) is 62.7. The molecule has 0 rings (SSSR count). The molecule has 0 saturated heterocycles. The lowest BCUT2D eigenvalue weighted by atomic mass is 10.0. The Morgan fingerprint density at radius 3 is 1.25 bits per heavy atom. The van der Waals surface area contributed by atoms with Crippen LogP contribution in [0.1, 0.15) is 168 Å². The fourth-order valence-electron chi connectivity index (χ4n) is 6.32. The summed E-state index contributed by atoms with van der Waals surface area (Å²) in [5.41, 5.74) is 0. The summed E-state index contributed by atoms with van der Waals surface area (Å²) in [6, 6.07) is 0. The lowest BCUT2D eigenvalue weighted by molar-refractivity contribution is -0.870. The van der Waals surface area contributed by atoms with Crippen LogP contribution in [-0.2, 0) is 33.3 Å². The number of likely N-dealkylation sites (N-methyl/N-ethyl adjacent to an activating group) is 1. The second-order valence-corrected chi connectivity index (χ2v) is 17.7. The number of hydrogen-bond acceptors (Lipinski definition) is 8. The number of esters is 2. The average molecular weight is 932 g/mol. The van der Waals surface area contributed by atoms with Crippen LogP contribution in [0, 0.1) is 0 Å². The number of quaternary nitrogens is 1. The monoisotopic (exact) mass is 932 g/mol. The normalized spacial score (nSPS) is 13.9. The van der Waals surface area contributed by atoms with Crippen molar-refractivity contribution >= 4 is 17.9 Å². The molecule has 2 atom stereocenters. The molecule has 0 saturated carbocycles. The van der Waals surface area contributed by atoms with Gasteiger partial charge >= 0.3 is 11.9 Å². The summed E-state index contributed by atoms with van der Waals surface area (Å²) in [6.07, 6.45) is 64.0. The second-order valence-electron chi connectivity index (χ2n) is 17.7. The number of aliphatic carboxylic acids is 1. The molecule has 0 aliphatic heterocycles. The van der Waals surface area contributed by atoms with E-state index in [0.29, 0.717) is 23.9 Å². The van der Waals surface area contributed by atoms with Gasteiger partial charge < -0.3 is 33.3 Å². The van der Waals surface area contributed by atoms with Crippen LogP contribution in [0.4, 0.5) is 0 Å². The molecule has 0 aliphatic rings. The zero-order chi connectivity index (χ0) is 49.2. The molecule has 0 amide bonds. The maximum absolute atomic E-state index is 12.8. The van der Waals surface area contributed by atoms with Crippen molar-refractivity contribution in [3.8, 4) is 0 Å². The van der Waals surface area contributed by atoms with Gasteiger partial charge in [0.05, 0.1) is 40.3 Å². The number of nitrogens with zero attached hydrogens (tertiary/aromatic N) is 1. The first-order valence-electron chi connectivity index (χ1n) is 25.7. The molecule has 0 bridgehead atoms. The maximum Gasteiger partial charge on any atom is 0.306 e. The van der Waals surface area contributed by atoms with Gasteiger partial charge in [-0.3, -0.25) is 9.59 Å². The molecule has 67 heavy (non-hydrogen) atoms. The van der Waals surface area contributed by atoms with Gasteiger partial charge in [0.1, 0.15) is 13.2 Å². The van der Waals surface area contributed by atoms with E-state index in [-0.39, 0.29) is 32.7 Å². The van der Waals surface area contributed by atoms with Gasteiger partial charge in [-0.05, 0) is 89.9 Å². The molecular formula is C58H93NO8. The van der Waals surface area contributed by atoms with Gasteiger partial charge in [0.15, 0.2) is 12.4 Å². The minimum absolute atomic E-state index is 0.130. The van der Waals surface area contributed by atoms with Gasteiger partial charge in [0.25, 0.3) is 0 Å².